The molecule has 0 amide bonds. The second kappa shape index (κ2) is 5.80. The van der Waals surface area contributed by atoms with Crippen molar-refractivity contribution in [2.75, 3.05) is 59.0 Å². The number of hydrogen-bond donors (Lipinski definition) is 0. The third kappa shape index (κ3) is 2.54. The molecule has 0 N–H and O–H groups in total. The van der Waals surface area contributed by atoms with Crippen LogP contribution in [0.4, 0.5) is 0 Å². The van der Waals surface area contributed by atoms with Gasteiger partial charge in [0.1, 0.15) is 0 Å². The number of hydrogen-bond acceptors (Lipinski definition) is 4. The van der Waals surface area contributed by atoms with Crippen LogP contribution >= 0.6 is 0 Å². The first kappa shape index (κ1) is 14.4. The van der Waals surface area contributed by atoms with Crippen LogP contribution in [0.15, 0.2) is 0 Å². The van der Waals surface area contributed by atoms with Crippen molar-refractivity contribution in [2.45, 2.75) is 38.8 Å². The second-order valence-electron chi connectivity index (χ2n) is 7.70. The maximum absolute atomic E-state index is 2.74. The van der Waals surface area contributed by atoms with E-state index in [1.54, 1.807) is 0 Å². The molecule has 4 aliphatic heterocycles. The smallest absolute Gasteiger partial charge is 0.0507 e. The lowest BCUT2D eigenvalue weighted by Gasteiger charge is -2.28. The van der Waals surface area contributed by atoms with Crippen LogP contribution in [0.2, 0.25) is 0 Å². The van der Waals surface area contributed by atoms with Crippen molar-refractivity contribution >= 4 is 0 Å². The Hall–Kier alpha value is -0.160. The topological polar surface area (TPSA) is 13.0 Å². The van der Waals surface area contributed by atoms with Crippen LogP contribution in [0.1, 0.15) is 26.7 Å². The quantitative estimate of drug-likeness (QED) is 0.766. The fourth-order valence-electron chi connectivity index (χ4n) is 5.57. The molecule has 4 heterocycles. The molecule has 4 atom stereocenters. The lowest BCUT2D eigenvalue weighted by atomic mass is 10.1. The molecule has 4 nitrogen and oxygen atoms in total. The van der Waals surface area contributed by atoms with Gasteiger partial charge < -0.3 is 0 Å². The predicted molar refractivity (Wildman–Crippen MR) is 86.3 cm³/mol. The van der Waals surface area contributed by atoms with Crippen LogP contribution in [0.5, 0.6) is 0 Å². The third-order valence-electron chi connectivity index (χ3n) is 6.69. The largest absolute Gasteiger partial charge is 0.299 e. The molecule has 0 spiro atoms. The molecule has 0 saturated carbocycles. The van der Waals surface area contributed by atoms with Crippen LogP contribution < -0.4 is 0 Å². The van der Waals surface area contributed by atoms with Crippen LogP contribution in [0.25, 0.3) is 0 Å². The minimum absolute atomic E-state index is 0.865. The minimum atomic E-state index is 0.865. The molecule has 0 radical (unpaired) electrons. The van der Waals surface area contributed by atoms with Crippen LogP contribution in [0.3, 0.4) is 0 Å². The molecule has 0 aromatic heterocycles. The van der Waals surface area contributed by atoms with Crippen molar-refractivity contribution < 1.29 is 0 Å². The average Bonchev–Trinajstić information content (AvgIpc) is 3.18. The zero-order valence-electron chi connectivity index (χ0n) is 13.9. The summed E-state index contributed by atoms with van der Waals surface area (Å²) in [7, 11) is 0. The van der Waals surface area contributed by atoms with E-state index >= 15 is 0 Å². The number of fused-ring (bicyclic) bond motifs is 2. The number of likely N-dealkylation sites (N-methyl/N-ethyl adjacent to an activating group) is 2. The highest BCUT2D eigenvalue weighted by Gasteiger charge is 2.43. The highest BCUT2D eigenvalue weighted by Crippen LogP contribution is 2.34. The summed E-state index contributed by atoms with van der Waals surface area (Å²) in [5.74, 6) is 1.92. The van der Waals surface area contributed by atoms with Gasteiger partial charge in [-0.05, 0) is 50.9 Å². The van der Waals surface area contributed by atoms with Gasteiger partial charge in [-0.25, -0.2) is 0 Å². The Kier molecular flexibility index (Phi) is 3.99. The second-order valence-corrected chi connectivity index (χ2v) is 7.70. The van der Waals surface area contributed by atoms with E-state index in [4.69, 9.17) is 0 Å². The number of likely N-dealkylation sites (tertiary alicyclic amines) is 4. The van der Waals surface area contributed by atoms with Gasteiger partial charge in [0.15, 0.2) is 0 Å². The van der Waals surface area contributed by atoms with E-state index in [-0.39, 0.29) is 0 Å². The Morgan fingerprint density at radius 2 is 1.19 bits per heavy atom. The van der Waals surface area contributed by atoms with Crippen molar-refractivity contribution in [3.8, 4) is 0 Å². The SMILES string of the molecule is CCN1CC[C@H]2CN(CN3C[C@H]4CCN(CC)[C@H]4C3)C[C@H]21. The van der Waals surface area contributed by atoms with Gasteiger partial charge in [-0.2, -0.15) is 0 Å². The molecule has 4 heteroatoms. The Morgan fingerprint density at radius 3 is 1.62 bits per heavy atom. The Morgan fingerprint density at radius 1 is 0.714 bits per heavy atom. The molecule has 0 aliphatic carbocycles. The van der Waals surface area contributed by atoms with E-state index in [2.05, 4.69) is 33.4 Å². The van der Waals surface area contributed by atoms with Gasteiger partial charge in [0, 0.05) is 38.3 Å². The Labute approximate surface area is 130 Å². The maximum atomic E-state index is 2.74. The normalized spacial score (nSPS) is 42.0. The van der Waals surface area contributed by atoms with E-state index in [9.17, 15) is 0 Å². The predicted octanol–water partition coefficient (Wildman–Crippen LogP) is 0.996. The third-order valence-corrected chi connectivity index (χ3v) is 6.69. The molecule has 4 aliphatic rings. The molecule has 120 valence electrons. The number of nitrogens with zero attached hydrogens (tertiary/aromatic N) is 4. The first-order chi connectivity index (χ1) is 10.3. The van der Waals surface area contributed by atoms with Crippen molar-refractivity contribution in [3.05, 3.63) is 0 Å². The molecule has 4 fully saturated rings. The summed E-state index contributed by atoms with van der Waals surface area (Å²) >= 11 is 0. The van der Waals surface area contributed by atoms with E-state index < -0.39 is 0 Å². The van der Waals surface area contributed by atoms with Gasteiger partial charge in [-0.1, -0.05) is 13.8 Å². The van der Waals surface area contributed by atoms with E-state index in [1.165, 1.54) is 71.9 Å². The lowest BCUT2D eigenvalue weighted by Crippen LogP contribution is -2.41. The lowest BCUT2D eigenvalue weighted by molar-refractivity contribution is 0.143. The van der Waals surface area contributed by atoms with Gasteiger partial charge in [0.2, 0.25) is 0 Å². The van der Waals surface area contributed by atoms with E-state index in [0.29, 0.717) is 0 Å². The minimum Gasteiger partial charge on any atom is -0.299 e. The summed E-state index contributed by atoms with van der Waals surface area (Å²) in [6.07, 6.45) is 2.87. The zero-order chi connectivity index (χ0) is 14.4. The van der Waals surface area contributed by atoms with Crippen molar-refractivity contribution in [3.63, 3.8) is 0 Å². The van der Waals surface area contributed by atoms with E-state index in [1.807, 2.05) is 0 Å². The monoisotopic (exact) mass is 292 g/mol. The molecule has 4 rings (SSSR count). The van der Waals surface area contributed by atoms with Crippen LogP contribution in [0, 0.1) is 11.8 Å². The Bertz CT molecular complexity index is 340. The maximum Gasteiger partial charge on any atom is 0.0507 e. The molecular formula is C17H32N4. The summed E-state index contributed by atoms with van der Waals surface area (Å²) in [6, 6.07) is 1.73. The summed E-state index contributed by atoms with van der Waals surface area (Å²) < 4.78 is 0. The van der Waals surface area contributed by atoms with Gasteiger partial charge in [0.05, 0.1) is 6.67 Å². The van der Waals surface area contributed by atoms with E-state index in [0.717, 1.165) is 23.9 Å². The highest BCUT2D eigenvalue weighted by molar-refractivity contribution is 4.98. The molecule has 0 aromatic rings. The molecule has 21 heavy (non-hydrogen) atoms. The van der Waals surface area contributed by atoms with Gasteiger partial charge in [0.25, 0.3) is 0 Å². The fraction of sp³-hybridized carbons (Fsp3) is 1.00. The molecule has 4 saturated heterocycles. The fourth-order valence-corrected chi connectivity index (χ4v) is 5.57. The molecule has 0 unspecified atom stereocenters. The van der Waals surface area contributed by atoms with Crippen molar-refractivity contribution in [2.24, 2.45) is 11.8 Å². The molecular weight excluding hydrogens is 260 g/mol. The first-order valence-corrected chi connectivity index (χ1v) is 9.21. The van der Waals surface area contributed by atoms with Crippen molar-refractivity contribution in [1.29, 1.82) is 0 Å². The molecule has 0 aromatic carbocycles. The number of rotatable bonds is 4. The molecule has 0 bridgehead atoms. The van der Waals surface area contributed by atoms with Gasteiger partial charge >= 0.3 is 0 Å². The first-order valence-electron chi connectivity index (χ1n) is 9.21. The average molecular weight is 292 g/mol. The summed E-state index contributed by atoms with van der Waals surface area (Å²) in [6.45, 7) is 16.4. The summed E-state index contributed by atoms with van der Waals surface area (Å²) in [5, 5.41) is 0. The van der Waals surface area contributed by atoms with Crippen LogP contribution in [-0.4, -0.2) is 90.7 Å². The van der Waals surface area contributed by atoms with Crippen LogP contribution in [-0.2, 0) is 0 Å². The Balaban J connectivity index is 1.31. The van der Waals surface area contributed by atoms with Gasteiger partial charge in [-0.15, -0.1) is 0 Å². The van der Waals surface area contributed by atoms with Gasteiger partial charge in [-0.3, -0.25) is 19.6 Å². The summed E-state index contributed by atoms with van der Waals surface area (Å²) in [5.41, 5.74) is 0. The zero-order valence-corrected chi connectivity index (χ0v) is 13.9. The van der Waals surface area contributed by atoms with Crippen molar-refractivity contribution in [1.82, 2.24) is 19.6 Å². The highest BCUT2D eigenvalue weighted by atomic mass is 15.4. The summed E-state index contributed by atoms with van der Waals surface area (Å²) in [4.78, 5) is 10.9. The standard InChI is InChI=1S/C17H32N4/c1-3-20-7-5-14-9-18(11-16(14)20)13-19-10-15-6-8-21(4-2)17(15)12-19/h14-17H,3-13H2,1-2H3/t14-,15+,16+,17-.